The summed E-state index contributed by atoms with van der Waals surface area (Å²) in [6.07, 6.45) is -1.00. The number of morpholine rings is 1. The number of carbonyl (C=O) groups is 2. The standard InChI is InChI=1S/C13H13Cl2NO5/c14-8-1-2-9(15)10(5-8)21-7-12(17)16-3-4-20-11(6-16)13(18)19/h1-2,5,11H,3-4,6-7H2,(H,18,19)/t11-/m0/s1. The number of ether oxygens (including phenoxy) is 2. The summed E-state index contributed by atoms with van der Waals surface area (Å²) in [6.45, 7) is 0.267. The molecule has 0 unspecified atom stereocenters. The molecule has 1 aliphatic rings. The second-order valence-electron chi connectivity index (χ2n) is 4.40. The molecule has 1 atom stereocenters. The van der Waals surface area contributed by atoms with Crippen LogP contribution in [-0.4, -0.2) is 54.3 Å². The van der Waals surface area contributed by atoms with E-state index in [1.54, 1.807) is 12.1 Å². The lowest BCUT2D eigenvalue weighted by Gasteiger charge is -2.30. The van der Waals surface area contributed by atoms with E-state index >= 15 is 0 Å². The van der Waals surface area contributed by atoms with E-state index in [1.165, 1.54) is 11.0 Å². The summed E-state index contributed by atoms with van der Waals surface area (Å²) in [4.78, 5) is 24.3. The third kappa shape index (κ3) is 4.23. The first-order chi connectivity index (χ1) is 9.97. The van der Waals surface area contributed by atoms with E-state index in [4.69, 9.17) is 37.8 Å². The van der Waals surface area contributed by atoms with E-state index in [-0.39, 0.29) is 25.7 Å². The molecule has 6 nitrogen and oxygen atoms in total. The van der Waals surface area contributed by atoms with Crippen molar-refractivity contribution in [3.8, 4) is 5.75 Å². The molecule has 1 fully saturated rings. The topological polar surface area (TPSA) is 76.1 Å². The SMILES string of the molecule is O=C(O)[C@@H]1CN(C(=O)COc2cc(Cl)ccc2Cl)CCO1. The molecule has 114 valence electrons. The summed E-state index contributed by atoms with van der Waals surface area (Å²) in [5.41, 5.74) is 0. The molecule has 8 heteroatoms. The fraction of sp³-hybridized carbons (Fsp3) is 0.385. The Morgan fingerprint density at radius 3 is 2.90 bits per heavy atom. The maximum Gasteiger partial charge on any atom is 0.334 e. The van der Waals surface area contributed by atoms with Crippen molar-refractivity contribution >= 4 is 35.1 Å². The average molecular weight is 334 g/mol. The van der Waals surface area contributed by atoms with Gasteiger partial charge in [-0.3, -0.25) is 4.79 Å². The minimum absolute atomic E-state index is 0.000798. The highest BCUT2D eigenvalue weighted by molar-refractivity contribution is 6.34. The van der Waals surface area contributed by atoms with Crippen molar-refractivity contribution in [3.63, 3.8) is 0 Å². The summed E-state index contributed by atoms with van der Waals surface area (Å²) in [5, 5.41) is 9.67. The van der Waals surface area contributed by atoms with Gasteiger partial charge in [0.25, 0.3) is 5.91 Å². The number of benzene rings is 1. The molecule has 0 bridgehead atoms. The summed E-state index contributed by atoms with van der Waals surface area (Å²) >= 11 is 11.7. The van der Waals surface area contributed by atoms with Gasteiger partial charge in [-0.2, -0.15) is 0 Å². The van der Waals surface area contributed by atoms with E-state index in [9.17, 15) is 9.59 Å². The number of hydrogen-bond donors (Lipinski definition) is 1. The van der Waals surface area contributed by atoms with Gasteiger partial charge < -0.3 is 19.5 Å². The van der Waals surface area contributed by atoms with Crippen LogP contribution in [0, 0.1) is 0 Å². The van der Waals surface area contributed by atoms with Crippen molar-refractivity contribution in [3.05, 3.63) is 28.2 Å². The molecule has 0 saturated carbocycles. The average Bonchev–Trinajstić information content (AvgIpc) is 2.48. The third-order valence-electron chi connectivity index (χ3n) is 2.94. The molecule has 0 aliphatic carbocycles. The van der Waals surface area contributed by atoms with Gasteiger partial charge in [-0.05, 0) is 12.1 Å². The van der Waals surface area contributed by atoms with Gasteiger partial charge in [-0.15, -0.1) is 0 Å². The zero-order valence-electron chi connectivity index (χ0n) is 10.9. The zero-order valence-corrected chi connectivity index (χ0v) is 12.4. The van der Waals surface area contributed by atoms with Crippen molar-refractivity contribution < 1.29 is 24.2 Å². The highest BCUT2D eigenvalue weighted by atomic mass is 35.5. The lowest BCUT2D eigenvalue weighted by atomic mass is 10.2. The van der Waals surface area contributed by atoms with Gasteiger partial charge in [0, 0.05) is 17.6 Å². The lowest BCUT2D eigenvalue weighted by molar-refractivity contribution is -0.159. The van der Waals surface area contributed by atoms with Crippen LogP contribution in [0.25, 0.3) is 0 Å². The predicted molar refractivity (Wildman–Crippen MR) is 75.9 cm³/mol. The highest BCUT2D eigenvalue weighted by Crippen LogP contribution is 2.27. The number of carboxylic acids is 1. The van der Waals surface area contributed by atoms with Crippen LogP contribution >= 0.6 is 23.2 Å². The van der Waals surface area contributed by atoms with E-state index in [2.05, 4.69) is 0 Å². The Hall–Kier alpha value is -1.50. The van der Waals surface area contributed by atoms with Gasteiger partial charge in [0.05, 0.1) is 18.2 Å². The second kappa shape index (κ2) is 6.98. The molecule has 1 N–H and O–H groups in total. The molecule has 1 aromatic rings. The first kappa shape index (κ1) is 15.9. The third-order valence-corrected chi connectivity index (χ3v) is 3.49. The molecule has 2 rings (SSSR count). The van der Waals surface area contributed by atoms with E-state index in [0.717, 1.165) is 0 Å². The van der Waals surface area contributed by atoms with Crippen LogP contribution in [0.4, 0.5) is 0 Å². The van der Waals surface area contributed by atoms with E-state index in [1.807, 2.05) is 0 Å². The molecule has 0 aromatic heterocycles. The Labute approximate surface area is 131 Å². The fourth-order valence-corrected chi connectivity index (χ4v) is 2.18. The minimum atomic E-state index is -1.09. The molecule has 1 amide bonds. The number of amides is 1. The summed E-state index contributed by atoms with van der Waals surface area (Å²) < 4.78 is 10.4. The molecule has 1 heterocycles. The van der Waals surface area contributed by atoms with Crippen molar-refractivity contribution in [1.82, 2.24) is 4.90 Å². The first-order valence-electron chi connectivity index (χ1n) is 6.17. The molecular formula is C13H13Cl2NO5. The predicted octanol–water partition coefficient (Wildman–Crippen LogP) is 1.68. The fourth-order valence-electron chi connectivity index (χ4n) is 1.84. The number of rotatable bonds is 4. The van der Waals surface area contributed by atoms with Gasteiger partial charge in [0.1, 0.15) is 5.75 Å². The highest BCUT2D eigenvalue weighted by Gasteiger charge is 2.29. The molecule has 0 radical (unpaired) electrons. The maximum absolute atomic E-state index is 12.0. The summed E-state index contributed by atoms with van der Waals surface area (Å²) in [6, 6.07) is 4.69. The Morgan fingerprint density at radius 2 is 2.19 bits per heavy atom. The number of aliphatic carboxylic acids is 1. The summed E-state index contributed by atoms with van der Waals surface area (Å²) in [5.74, 6) is -1.12. The number of carboxylic acid groups (broad SMARTS) is 1. The van der Waals surface area contributed by atoms with Crippen molar-refractivity contribution in [2.24, 2.45) is 0 Å². The van der Waals surface area contributed by atoms with Crippen LogP contribution in [0.15, 0.2) is 18.2 Å². The van der Waals surface area contributed by atoms with Gasteiger partial charge in [-0.25, -0.2) is 4.79 Å². The molecule has 1 saturated heterocycles. The maximum atomic E-state index is 12.0. The molecule has 1 aliphatic heterocycles. The van der Waals surface area contributed by atoms with E-state index in [0.29, 0.717) is 22.3 Å². The lowest BCUT2D eigenvalue weighted by Crippen LogP contribution is -2.49. The normalized spacial score (nSPS) is 18.4. The van der Waals surface area contributed by atoms with Crippen LogP contribution in [-0.2, 0) is 14.3 Å². The van der Waals surface area contributed by atoms with Gasteiger partial charge in [0.2, 0.25) is 0 Å². The molecule has 0 spiro atoms. The minimum Gasteiger partial charge on any atom is -0.482 e. The Morgan fingerprint density at radius 1 is 1.43 bits per heavy atom. The Balaban J connectivity index is 1.92. The van der Waals surface area contributed by atoms with Gasteiger partial charge in [-0.1, -0.05) is 23.2 Å². The van der Waals surface area contributed by atoms with Gasteiger partial charge in [0.15, 0.2) is 12.7 Å². The van der Waals surface area contributed by atoms with Crippen LogP contribution in [0.5, 0.6) is 5.75 Å². The molecule has 21 heavy (non-hydrogen) atoms. The smallest absolute Gasteiger partial charge is 0.334 e. The summed E-state index contributed by atoms with van der Waals surface area (Å²) in [7, 11) is 0. The first-order valence-corrected chi connectivity index (χ1v) is 6.93. The van der Waals surface area contributed by atoms with Crippen molar-refractivity contribution in [2.75, 3.05) is 26.3 Å². The van der Waals surface area contributed by atoms with Crippen molar-refractivity contribution in [2.45, 2.75) is 6.10 Å². The number of hydrogen-bond acceptors (Lipinski definition) is 4. The van der Waals surface area contributed by atoms with Crippen LogP contribution < -0.4 is 4.74 Å². The largest absolute Gasteiger partial charge is 0.482 e. The van der Waals surface area contributed by atoms with Crippen LogP contribution in [0.1, 0.15) is 0 Å². The van der Waals surface area contributed by atoms with Crippen LogP contribution in [0.3, 0.4) is 0 Å². The van der Waals surface area contributed by atoms with E-state index < -0.39 is 12.1 Å². The second-order valence-corrected chi connectivity index (χ2v) is 5.24. The quantitative estimate of drug-likeness (QED) is 0.907. The number of halogens is 2. The number of nitrogens with zero attached hydrogens (tertiary/aromatic N) is 1. The zero-order chi connectivity index (χ0) is 15.4. The Bertz CT molecular complexity index is 551. The molecular weight excluding hydrogens is 321 g/mol. The monoisotopic (exact) mass is 333 g/mol. The van der Waals surface area contributed by atoms with Crippen molar-refractivity contribution in [1.29, 1.82) is 0 Å². The van der Waals surface area contributed by atoms with Gasteiger partial charge >= 0.3 is 5.97 Å². The Kier molecular flexibility index (Phi) is 5.27. The van der Waals surface area contributed by atoms with Crippen LogP contribution in [0.2, 0.25) is 10.0 Å². The molecule has 1 aromatic carbocycles. The number of carbonyl (C=O) groups excluding carboxylic acids is 1.